The molecule has 0 bridgehead atoms. The van der Waals surface area contributed by atoms with E-state index in [0.29, 0.717) is 11.6 Å². The first kappa shape index (κ1) is 16.2. The molecule has 2 amide bonds. The van der Waals surface area contributed by atoms with Crippen molar-refractivity contribution in [1.29, 1.82) is 0 Å². The first-order chi connectivity index (χ1) is 12.7. The second kappa shape index (κ2) is 6.93. The Kier molecular flexibility index (Phi) is 4.33. The monoisotopic (exact) mass is 361 g/mol. The molecule has 1 aliphatic rings. The Morgan fingerprint density at radius 2 is 2.04 bits per heavy atom. The lowest BCUT2D eigenvalue weighted by Gasteiger charge is -2.01. The minimum atomic E-state index is -0.224. The van der Waals surface area contributed by atoms with Crippen LogP contribution in [0, 0.1) is 0 Å². The fraction of sp³-hybridized carbons (Fsp3) is 0.0500. The van der Waals surface area contributed by atoms with E-state index in [0.717, 1.165) is 28.1 Å². The van der Waals surface area contributed by atoms with Gasteiger partial charge in [-0.1, -0.05) is 36.4 Å². The van der Waals surface area contributed by atoms with Crippen LogP contribution in [0.1, 0.15) is 11.1 Å². The van der Waals surface area contributed by atoms with Gasteiger partial charge in [0, 0.05) is 22.7 Å². The third kappa shape index (κ3) is 3.55. The van der Waals surface area contributed by atoms with Crippen molar-refractivity contribution in [3.63, 3.8) is 0 Å². The van der Waals surface area contributed by atoms with Crippen molar-refractivity contribution in [2.75, 3.05) is 10.6 Å². The zero-order valence-electron chi connectivity index (χ0n) is 13.7. The number of carbonyl (C=O) groups is 2. The minimum absolute atomic E-state index is 0.00795. The summed E-state index contributed by atoms with van der Waals surface area (Å²) in [5.74, 6) is -0.216. The molecule has 0 saturated carbocycles. The second-order valence-electron chi connectivity index (χ2n) is 5.87. The molecular weight excluding hydrogens is 346 g/mol. The highest BCUT2D eigenvalue weighted by molar-refractivity contribution is 7.14. The third-order valence-electron chi connectivity index (χ3n) is 3.99. The van der Waals surface area contributed by atoms with Crippen molar-refractivity contribution in [2.24, 2.45) is 0 Å². The molecule has 0 unspecified atom stereocenters. The molecule has 0 fully saturated rings. The molecule has 3 aromatic rings. The average molecular weight is 361 g/mol. The molecule has 2 heterocycles. The number of benzene rings is 2. The smallest absolute Gasteiger partial charge is 0.250 e. The molecule has 6 heteroatoms. The first-order valence-electron chi connectivity index (χ1n) is 8.10. The van der Waals surface area contributed by atoms with Crippen LogP contribution in [0.2, 0.25) is 0 Å². The van der Waals surface area contributed by atoms with E-state index >= 15 is 0 Å². The van der Waals surface area contributed by atoms with Gasteiger partial charge in [0.1, 0.15) is 0 Å². The molecule has 0 spiro atoms. The molecule has 0 aliphatic carbocycles. The van der Waals surface area contributed by atoms with Gasteiger partial charge in [-0.05, 0) is 29.3 Å². The molecule has 2 N–H and O–H groups in total. The maximum Gasteiger partial charge on any atom is 0.250 e. The van der Waals surface area contributed by atoms with Crippen LogP contribution < -0.4 is 10.6 Å². The van der Waals surface area contributed by atoms with Crippen molar-refractivity contribution in [2.45, 2.75) is 6.42 Å². The molecular formula is C20H15N3O2S. The number of hydrogen-bond acceptors (Lipinski definition) is 4. The molecule has 1 aromatic heterocycles. The highest BCUT2D eigenvalue weighted by Gasteiger charge is 2.18. The number of nitrogens with zero attached hydrogens (tertiary/aromatic N) is 1. The van der Waals surface area contributed by atoms with Crippen molar-refractivity contribution in [3.8, 4) is 11.3 Å². The maximum atomic E-state index is 12.0. The summed E-state index contributed by atoms with van der Waals surface area (Å²) in [6.07, 6.45) is 3.64. The van der Waals surface area contributed by atoms with Crippen molar-refractivity contribution >= 4 is 40.0 Å². The van der Waals surface area contributed by atoms with E-state index in [4.69, 9.17) is 0 Å². The molecule has 2 aromatic carbocycles. The number of nitrogens with one attached hydrogen (secondary N) is 2. The van der Waals surface area contributed by atoms with E-state index in [2.05, 4.69) is 15.6 Å². The zero-order chi connectivity index (χ0) is 17.9. The molecule has 26 heavy (non-hydrogen) atoms. The summed E-state index contributed by atoms with van der Waals surface area (Å²) in [5, 5.41) is 8.02. The van der Waals surface area contributed by atoms with Crippen LogP contribution in [0.3, 0.4) is 0 Å². The predicted octanol–water partition coefficient (Wildman–Crippen LogP) is 3.96. The SMILES string of the molecule is O=C(/C=C/c1ccccc1)Nc1nc(-c2ccc3c(c2)CC(=O)N3)cs1. The van der Waals surface area contributed by atoms with Gasteiger partial charge in [0.25, 0.3) is 0 Å². The van der Waals surface area contributed by atoms with Gasteiger partial charge in [0.2, 0.25) is 11.8 Å². The molecule has 5 nitrogen and oxygen atoms in total. The fourth-order valence-electron chi connectivity index (χ4n) is 2.74. The lowest BCUT2D eigenvalue weighted by molar-refractivity contribution is -0.115. The van der Waals surface area contributed by atoms with Crippen LogP contribution in [-0.4, -0.2) is 16.8 Å². The standard InChI is InChI=1S/C20H15N3O2S/c24-18(9-6-13-4-2-1-3-5-13)23-20-22-17(12-26-20)14-7-8-16-15(10-14)11-19(25)21-16/h1-10,12H,11H2,(H,21,25)(H,22,23,24)/b9-6+. The Morgan fingerprint density at radius 1 is 1.19 bits per heavy atom. The minimum Gasteiger partial charge on any atom is -0.326 e. The molecule has 1 aliphatic heterocycles. The Bertz CT molecular complexity index is 1010. The summed E-state index contributed by atoms with van der Waals surface area (Å²) in [7, 11) is 0. The molecule has 0 saturated heterocycles. The summed E-state index contributed by atoms with van der Waals surface area (Å²) >= 11 is 1.37. The van der Waals surface area contributed by atoms with E-state index in [1.807, 2.05) is 53.9 Å². The topological polar surface area (TPSA) is 71.1 Å². The molecule has 128 valence electrons. The van der Waals surface area contributed by atoms with Crippen LogP contribution in [0.4, 0.5) is 10.8 Å². The van der Waals surface area contributed by atoms with E-state index in [-0.39, 0.29) is 11.8 Å². The predicted molar refractivity (Wildman–Crippen MR) is 104 cm³/mol. The Morgan fingerprint density at radius 3 is 2.88 bits per heavy atom. The Hall–Kier alpha value is -3.25. The van der Waals surface area contributed by atoms with Gasteiger partial charge in [-0.2, -0.15) is 0 Å². The van der Waals surface area contributed by atoms with E-state index in [1.54, 1.807) is 6.08 Å². The average Bonchev–Trinajstić information content (AvgIpc) is 3.25. The van der Waals surface area contributed by atoms with Gasteiger partial charge < -0.3 is 5.32 Å². The fourth-order valence-corrected chi connectivity index (χ4v) is 3.46. The summed E-state index contributed by atoms with van der Waals surface area (Å²) in [6.45, 7) is 0. The highest BCUT2D eigenvalue weighted by Crippen LogP contribution is 2.30. The lowest BCUT2D eigenvalue weighted by atomic mass is 10.1. The number of carbonyl (C=O) groups excluding carboxylic acids is 2. The number of thiazole rings is 1. The maximum absolute atomic E-state index is 12.0. The normalized spacial score (nSPS) is 12.8. The van der Waals surface area contributed by atoms with Gasteiger partial charge in [-0.25, -0.2) is 4.98 Å². The quantitative estimate of drug-likeness (QED) is 0.691. The van der Waals surface area contributed by atoms with E-state index in [1.165, 1.54) is 17.4 Å². The van der Waals surface area contributed by atoms with Crippen LogP contribution in [0.25, 0.3) is 17.3 Å². The zero-order valence-corrected chi connectivity index (χ0v) is 14.5. The lowest BCUT2D eigenvalue weighted by Crippen LogP contribution is -2.07. The second-order valence-corrected chi connectivity index (χ2v) is 6.73. The van der Waals surface area contributed by atoms with Crippen molar-refractivity contribution < 1.29 is 9.59 Å². The largest absolute Gasteiger partial charge is 0.326 e. The van der Waals surface area contributed by atoms with Gasteiger partial charge in [-0.3, -0.25) is 14.9 Å². The Labute approximate surface area is 154 Å². The van der Waals surface area contributed by atoms with Crippen LogP contribution in [-0.2, 0) is 16.0 Å². The molecule has 4 rings (SSSR count). The molecule has 0 radical (unpaired) electrons. The van der Waals surface area contributed by atoms with E-state index in [9.17, 15) is 9.59 Å². The van der Waals surface area contributed by atoms with Gasteiger partial charge in [0.15, 0.2) is 5.13 Å². The van der Waals surface area contributed by atoms with Crippen LogP contribution in [0.5, 0.6) is 0 Å². The van der Waals surface area contributed by atoms with E-state index < -0.39 is 0 Å². The number of aromatic nitrogens is 1. The van der Waals surface area contributed by atoms with Crippen LogP contribution >= 0.6 is 11.3 Å². The number of anilines is 2. The van der Waals surface area contributed by atoms with Crippen molar-refractivity contribution in [1.82, 2.24) is 4.98 Å². The van der Waals surface area contributed by atoms with Crippen LogP contribution in [0.15, 0.2) is 60.0 Å². The summed E-state index contributed by atoms with van der Waals surface area (Å²) in [5.41, 5.74) is 4.49. The first-order valence-corrected chi connectivity index (χ1v) is 8.98. The number of hydrogen-bond donors (Lipinski definition) is 2. The highest BCUT2D eigenvalue weighted by atomic mass is 32.1. The number of fused-ring (bicyclic) bond motifs is 1. The summed E-state index contributed by atoms with van der Waals surface area (Å²) in [6, 6.07) is 15.4. The van der Waals surface area contributed by atoms with Gasteiger partial charge in [-0.15, -0.1) is 11.3 Å². The number of rotatable bonds is 4. The number of amides is 2. The molecule has 0 atom stereocenters. The van der Waals surface area contributed by atoms with Crippen molar-refractivity contribution in [3.05, 3.63) is 71.1 Å². The summed E-state index contributed by atoms with van der Waals surface area (Å²) < 4.78 is 0. The van der Waals surface area contributed by atoms with Gasteiger partial charge in [0.05, 0.1) is 12.1 Å². The van der Waals surface area contributed by atoms with Gasteiger partial charge >= 0.3 is 0 Å². The Balaban J connectivity index is 1.45. The third-order valence-corrected chi connectivity index (χ3v) is 4.74. The summed E-state index contributed by atoms with van der Waals surface area (Å²) in [4.78, 5) is 28.0.